The van der Waals surface area contributed by atoms with E-state index in [4.69, 9.17) is 11.6 Å². The molecule has 0 radical (unpaired) electrons. The molecular formula is C16H27ClN4O3S2. The number of aliphatic hydroxyl groups excluding tert-OH is 1. The average Bonchev–Trinajstić information content (AvgIpc) is 3.03. The molecule has 1 aromatic heterocycles. The predicted octanol–water partition coefficient (Wildman–Crippen LogP) is 1.66. The predicted molar refractivity (Wildman–Crippen MR) is 107 cm³/mol. The third-order valence-electron chi connectivity index (χ3n) is 4.29. The van der Waals surface area contributed by atoms with E-state index < -0.39 is 16.1 Å². The average molecular weight is 423 g/mol. The number of aliphatic imine (C=N–C) groups is 1. The highest BCUT2D eigenvalue weighted by atomic mass is 35.5. The highest BCUT2D eigenvalue weighted by Gasteiger charge is 2.24. The molecule has 1 unspecified atom stereocenters. The molecule has 10 heteroatoms. The molecule has 148 valence electrons. The first-order chi connectivity index (χ1) is 12.3. The van der Waals surface area contributed by atoms with Gasteiger partial charge < -0.3 is 15.7 Å². The second-order valence-corrected chi connectivity index (χ2v) is 10.1. The fraction of sp³-hybridized carbons (Fsp3) is 0.688. The van der Waals surface area contributed by atoms with Crippen LogP contribution in [0.25, 0.3) is 0 Å². The standard InChI is InChI=1S/C16H27ClN4O3S2/c1-3-18-16(20-11-13(22)14-4-5-15(17)25-14)19-10-12-6-8-21(9-7-12)26(2,23)24/h4-5,12-13,22H,3,6-11H2,1-2H3,(H2,18,19,20). The molecule has 1 saturated heterocycles. The first kappa shape index (κ1) is 21.4. The van der Waals surface area contributed by atoms with Gasteiger partial charge in [0, 0.05) is 31.1 Å². The number of rotatable bonds is 7. The zero-order chi connectivity index (χ0) is 19.2. The monoisotopic (exact) mass is 422 g/mol. The van der Waals surface area contributed by atoms with E-state index in [0.29, 0.717) is 29.3 Å². The van der Waals surface area contributed by atoms with Crippen molar-refractivity contribution in [2.75, 3.05) is 39.0 Å². The number of sulfonamides is 1. The van der Waals surface area contributed by atoms with Gasteiger partial charge in [-0.05, 0) is 37.8 Å². The van der Waals surface area contributed by atoms with E-state index in [1.807, 2.05) is 13.0 Å². The first-order valence-corrected chi connectivity index (χ1v) is 11.7. The molecule has 7 nitrogen and oxygen atoms in total. The maximum atomic E-state index is 11.6. The van der Waals surface area contributed by atoms with E-state index in [1.54, 1.807) is 6.07 Å². The van der Waals surface area contributed by atoms with E-state index in [-0.39, 0.29) is 6.54 Å². The van der Waals surface area contributed by atoms with Crippen molar-refractivity contribution in [3.05, 3.63) is 21.3 Å². The third-order valence-corrected chi connectivity index (χ3v) is 6.93. The lowest BCUT2D eigenvalue weighted by Crippen LogP contribution is -2.44. The van der Waals surface area contributed by atoms with Crippen LogP contribution >= 0.6 is 22.9 Å². The fourth-order valence-electron chi connectivity index (χ4n) is 2.80. The zero-order valence-corrected chi connectivity index (χ0v) is 17.5. The van der Waals surface area contributed by atoms with E-state index in [2.05, 4.69) is 15.6 Å². The summed E-state index contributed by atoms with van der Waals surface area (Å²) < 4.78 is 25.3. The summed E-state index contributed by atoms with van der Waals surface area (Å²) in [7, 11) is -3.09. The van der Waals surface area contributed by atoms with Crippen molar-refractivity contribution in [1.29, 1.82) is 0 Å². The maximum Gasteiger partial charge on any atom is 0.211 e. The van der Waals surface area contributed by atoms with Crippen molar-refractivity contribution in [1.82, 2.24) is 14.9 Å². The van der Waals surface area contributed by atoms with E-state index in [1.165, 1.54) is 21.9 Å². The molecule has 0 amide bonds. The van der Waals surface area contributed by atoms with Gasteiger partial charge in [-0.15, -0.1) is 11.3 Å². The van der Waals surface area contributed by atoms with Gasteiger partial charge in [0.15, 0.2) is 5.96 Å². The minimum atomic E-state index is -3.09. The molecule has 0 saturated carbocycles. The summed E-state index contributed by atoms with van der Waals surface area (Å²) in [4.78, 5) is 5.23. The minimum Gasteiger partial charge on any atom is -0.386 e. The summed E-state index contributed by atoms with van der Waals surface area (Å²) in [6.07, 6.45) is 2.24. The molecule has 0 bridgehead atoms. The molecule has 1 aliphatic heterocycles. The van der Waals surface area contributed by atoms with E-state index in [0.717, 1.165) is 30.8 Å². The lowest BCUT2D eigenvalue weighted by molar-refractivity contribution is 0.191. The van der Waals surface area contributed by atoms with Gasteiger partial charge in [0.05, 0.1) is 17.1 Å². The Morgan fingerprint density at radius 2 is 2.12 bits per heavy atom. The van der Waals surface area contributed by atoms with Crippen molar-refractivity contribution < 1.29 is 13.5 Å². The van der Waals surface area contributed by atoms with Crippen LogP contribution in [0.5, 0.6) is 0 Å². The summed E-state index contributed by atoms with van der Waals surface area (Å²) in [6, 6.07) is 3.57. The number of halogens is 1. The van der Waals surface area contributed by atoms with Crippen molar-refractivity contribution in [3.8, 4) is 0 Å². The SMILES string of the molecule is CCNC(=NCC(O)c1ccc(Cl)s1)NCC1CCN(S(C)(=O)=O)CC1. The molecule has 0 aliphatic carbocycles. The van der Waals surface area contributed by atoms with Gasteiger partial charge in [-0.1, -0.05) is 11.6 Å². The second-order valence-electron chi connectivity index (χ2n) is 6.36. The summed E-state index contributed by atoms with van der Waals surface area (Å²) in [5, 5.41) is 16.7. The van der Waals surface area contributed by atoms with Crippen LogP contribution in [0.4, 0.5) is 0 Å². The number of thiophene rings is 1. The van der Waals surface area contributed by atoms with Crippen molar-refractivity contribution in [3.63, 3.8) is 0 Å². The quantitative estimate of drug-likeness (QED) is 0.459. The smallest absolute Gasteiger partial charge is 0.211 e. The van der Waals surface area contributed by atoms with Gasteiger partial charge in [0.25, 0.3) is 0 Å². The molecular weight excluding hydrogens is 396 g/mol. The van der Waals surface area contributed by atoms with Crippen LogP contribution in [-0.4, -0.2) is 62.8 Å². The Morgan fingerprint density at radius 1 is 1.42 bits per heavy atom. The molecule has 2 rings (SSSR count). The Balaban J connectivity index is 1.82. The first-order valence-electron chi connectivity index (χ1n) is 8.70. The van der Waals surface area contributed by atoms with Crippen LogP contribution in [0.1, 0.15) is 30.7 Å². The van der Waals surface area contributed by atoms with Crippen LogP contribution in [0.2, 0.25) is 4.34 Å². The van der Waals surface area contributed by atoms with Gasteiger partial charge in [-0.3, -0.25) is 4.99 Å². The third kappa shape index (κ3) is 6.70. The Labute approximate surface area is 164 Å². The van der Waals surface area contributed by atoms with E-state index in [9.17, 15) is 13.5 Å². The summed E-state index contributed by atoms with van der Waals surface area (Å²) in [5.74, 6) is 1.05. The topological polar surface area (TPSA) is 94.0 Å². The molecule has 1 aliphatic rings. The number of nitrogens with zero attached hydrogens (tertiary/aromatic N) is 2. The Bertz CT molecular complexity index is 700. The number of hydrogen-bond acceptors (Lipinski definition) is 5. The molecule has 26 heavy (non-hydrogen) atoms. The molecule has 3 N–H and O–H groups in total. The molecule has 1 aromatic rings. The largest absolute Gasteiger partial charge is 0.386 e. The molecule has 0 spiro atoms. The number of nitrogens with one attached hydrogen (secondary N) is 2. The second kappa shape index (κ2) is 9.89. The number of hydrogen-bond donors (Lipinski definition) is 3. The van der Waals surface area contributed by atoms with Crippen LogP contribution in [0, 0.1) is 5.92 Å². The van der Waals surface area contributed by atoms with Gasteiger partial charge in [0.1, 0.15) is 6.10 Å². The van der Waals surface area contributed by atoms with Crippen molar-refractivity contribution in [2.24, 2.45) is 10.9 Å². The Kier molecular flexibility index (Phi) is 8.15. The zero-order valence-electron chi connectivity index (χ0n) is 15.1. The van der Waals surface area contributed by atoms with Crippen molar-refractivity contribution in [2.45, 2.75) is 25.9 Å². The Hall–Kier alpha value is -0.870. The molecule has 1 fully saturated rings. The van der Waals surface area contributed by atoms with Gasteiger partial charge in [-0.2, -0.15) is 0 Å². The van der Waals surface area contributed by atoms with Crippen LogP contribution in [0.15, 0.2) is 17.1 Å². The van der Waals surface area contributed by atoms with Gasteiger partial charge in [-0.25, -0.2) is 12.7 Å². The van der Waals surface area contributed by atoms with Crippen molar-refractivity contribution >= 4 is 38.9 Å². The van der Waals surface area contributed by atoms with Crippen LogP contribution in [-0.2, 0) is 10.0 Å². The molecule has 0 aromatic carbocycles. The summed E-state index contributed by atoms with van der Waals surface area (Å²) in [5.41, 5.74) is 0. The fourth-order valence-corrected chi connectivity index (χ4v) is 4.72. The number of aliphatic hydroxyl groups is 1. The summed E-state index contributed by atoms with van der Waals surface area (Å²) >= 11 is 7.25. The van der Waals surface area contributed by atoms with Crippen LogP contribution < -0.4 is 10.6 Å². The Morgan fingerprint density at radius 3 is 2.65 bits per heavy atom. The highest BCUT2D eigenvalue weighted by molar-refractivity contribution is 7.88. The van der Waals surface area contributed by atoms with Crippen LogP contribution in [0.3, 0.4) is 0 Å². The lowest BCUT2D eigenvalue weighted by Gasteiger charge is -2.30. The van der Waals surface area contributed by atoms with Gasteiger partial charge in [0.2, 0.25) is 10.0 Å². The lowest BCUT2D eigenvalue weighted by atomic mass is 9.98. The molecule has 1 atom stereocenters. The summed E-state index contributed by atoms with van der Waals surface area (Å²) in [6.45, 7) is 4.81. The maximum absolute atomic E-state index is 11.6. The van der Waals surface area contributed by atoms with Gasteiger partial charge >= 0.3 is 0 Å². The van der Waals surface area contributed by atoms with E-state index >= 15 is 0 Å². The number of guanidine groups is 1. The molecule has 2 heterocycles. The number of piperidine rings is 1. The normalized spacial score (nSPS) is 18.7. The minimum absolute atomic E-state index is 0.249. The highest BCUT2D eigenvalue weighted by Crippen LogP contribution is 2.27.